The van der Waals surface area contributed by atoms with E-state index < -0.39 is 31.8 Å². The Bertz CT molecular complexity index is 1540. The fourth-order valence-corrected chi connectivity index (χ4v) is 8.32. The van der Waals surface area contributed by atoms with Crippen molar-refractivity contribution in [3.8, 4) is 0 Å². The van der Waals surface area contributed by atoms with Crippen molar-refractivity contribution in [3.05, 3.63) is 57.9 Å². The van der Waals surface area contributed by atoms with Crippen molar-refractivity contribution in [2.24, 2.45) is 10.3 Å². The van der Waals surface area contributed by atoms with Crippen molar-refractivity contribution >= 4 is 48.1 Å². The third kappa shape index (κ3) is 5.35. The molecule has 1 unspecified atom stereocenters. The number of nitrogens with zero attached hydrogens (tertiary/aromatic N) is 2. The standard InChI is InChI=1S/C24H27FN4O6S3/c1-37(32,33)26-11-16-13-36-23-21(16)38(34,35)28-22(27-23)20-19(30)10-18(15-4-2-3-5-15)29(24(20)31)12-14-6-8-17(25)9-7-14/h6-9,13,15,18,26,30H,2-5,10-12H2,1H3,(H,27,28). The van der Waals surface area contributed by atoms with Crippen LogP contribution in [0.1, 0.15) is 43.2 Å². The number of amidine groups is 1. The minimum absolute atomic E-state index is 0.147. The lowest BCUT2D eigenvalue weighted by Crippen LogP contribution is -2.49. The van der Waals surface area contributed by atoms with Gasteiger partial charge in [-0.3, -0.25) is 4.79 Å². The fourth-order valence-electron chi connectivity index (χ4n) is 5.29. The normalized spacial score (nSPS) is 21.8. The molecule has 0 radical (unpaired) electrons. The number of nitrogens with one attached hydrogen (secondary N) is 2. The molecule has 1 fully saturated rings. The highest BCUT2D eigenvalue weighted by Crippen LogP contribution is 2.41. The molecule has 1 aromatic heterocycles. The fraction of sp³-hybridized carbons (Fsp3) is 0.417. The maximum Gasteiger partial charge on any atom is 0.287 e. The number of hydrogen-bond donors (Lipinski definition) is 3. The number of fused-ring (bicyclic) bond motifs is 1. The number of rotatable bonds is 7. The minimum atomic E-state index is -4.31. The summed E-state index contributed by atoms with van der Waals surface area (Å²) in [5.74, 6) is -1.29. The van der Waals surface area contributed by atoms with Gasteiger partial charge in [0.25, 0.3) is 15.9 Å². The highest BCUT2D eigenvalue weighted by Gasteiger charge is 2.43. The molecule has 1 atom stereocenters. The van der Waals surface area contributed by atoms with Crippen molar-refractivity contribution in [2.45, 2.75) is 56.1 Å². The monoisotopic (exact) mass is 582 g/mol. The number of amides is 1. The Morgan fingerprint density at radius 2 is 1.92 bits per heavy atom. The molecule has 3 N–H and O–H groups in total. The van der Waals surface area contributed by atoms with Crippen molar-refractivity contribution < 1.29 is 31.1 Å². The van der Waals surface area contributed by atoms with Gasteiger partial charge in [-0.2, -0.15) is 8.42 Å². The van der Waals surface area contributed by atoms with Crippen LogP contribution in [-0.4, -0.2) is 50.9 Å². The number of thiophene rings is 1. The predicted octanol–water partition coefficient (Wildman–Crippen LogP) is 3.25. The highest BCUT2D eigenvalue weighted by molar-refractivity contribution is 7.91. The summed E-state index contributed by atoms with van der Waals surface area (Å²) in [4.78, 5) is 15.3. The lowest BCUT2D eigenvalue weighted by Gasteiger charge is -2.40. The second kappa shape index (κ2) is 10.1. The number of halogens is 1. The van der Waals surface area contributed by atoms with Crippen LogP contribution in [0.3, 0.4) is 0 Å². The summed E-state index contributed by atoms with van der Waals surface area (Å²) in [6.45, 7) is -0.0690. The molecule has 1 aromatic carbocycles. The number of aliphatic hydroxyl groups is 1. The number of aliphatic hydroxyl groups excluding tert-OH is 1. The van der Waals surface area contributed by atoms with E-state index in [9.17, 15) is 31.1 Å². The predicted molar refractivity (Wildman–Crippen MR) is 141 cm³/mol. The molecule has 2 aliphatic heterocycles. The molecule has 3 heterocycles. The Hall–Kier alpha value is -2.81. The third-order valence-corrected chi connectivity index (χ3v) is 10.2. The average molecular weight is 583 g/mol. The van der Waals surface area contributed by atoms with Crippen LogP contribution in [0.25, 0.3) is 0 Å². The van der Waals surface area contributed by atoms with E-state index in [-0.39, 0.29) is 64.1 Å². The van der Waals surface area contributed by atoms with Crippen molar-refractivity contribution in [1.29, 1.82) is 0 Å². The van der Waals surface area contributed by atoms with Gasteiger partial charge >= 0.3 is 0 Å². The Labute approximate surface area is 224 Å². The maximum atomic E-state index is 13.9. The molecule has 14 heteroatoms. The zero-order valence-electron chi connectivity index (χ0n) is 20.5. The zero-order chi connectivity index (χ0) is 27.2. The molecular formula is C24H27FN4O6S3. The van der Waals surface area contributed by atoms with E-state index in [0.717, 1.165) is 43.3 Å². The molecule has 1 aliphatic carbocycles. The highest BCUT2D eigenvalue weighted by atomic mass is 32.2. The number of anilines is 1. The first-order chi connectivity index (χ1) is 17.9. The lowest BCUT2D eigenvalue weighted by molar-refractivity contribution is -0.132. The molecular weight excluding hydrogens is 555 g/mol. The van der Waals surface area contributed by atoms with Crippen LogP contribution in [0.2, 0.25) is 0 Å². The molecule has 204 valence electrons. The summed E-state index contributed by atoms with van der Waals surface area (Å²) >= 11 is 1.03. The Morgan fingerprint density at radius 3 is 2.58 bits per heavy atom. The van der Waals surface area contributed by atoms with Gasteiger partial charge in [0, 0.05) is 31.1 Å². The summed E-state index contributed by atoms with van der Waals surface area (Å²) in [6.07, 6.45) is 5.00. The number of carbonyl (C=O) groups excluding carboxylic acids is 1. The van der Waals surface area contributed by atoms with Gasteiger partial charge in [0.2, 0.25) is 10.0 Å². The van der Waals surface area contributed by atoms with E-state index in [1.807, 2.05) is 0 Å². The molecule has 38 heavy (non-hydrogen) atoms. The van der Waals surface area contributed by atoms with Crippen LogP contribution < -0.4 is 10.0 Å². The van der Waals surface area contributed by atoms with Crippen molar-refractivity contribution in [1.82, 2.24) is 9.62 Å². The van der Waals surface area contributed by atoms with E-state index in [2.05, 4.69) is 14.4 Å². The molecule has 5 rings (SSSR count). The van der Waals surface area contributed by atoms with Crippen LogP contribution in [-0.2, 0) is 37.9 Å². The first-order valence-electron chi connectivity index (χ1n) is 12.1. The molecule has 0 saturated heterocycles. The van der Waals surface area contributed by atoms with Gasteiger partial charge in [-0.15, -0.1) is 15.7 Å². The summed E-state index contributed by atoms with van der Waals surface area (Å²) in [5.41, 5.74) is 0.705. The summed E-state index contributed by atoms with van der Waals surface area (Å²) < 4.78 is 68.9. The summed E-state index contributed by atoms with van der Waals surface area (Å²) in [5, 5.41) is 15.6. The van der Waals surface area contributed by atoms with Gasteiger partial charge in [-0.1, -0.05) is 25.0 Å². The van der Waals surface area contributed by atoms with E-state index in [1.54, 1.807) is 17.0 Å². The van der Waals surface area contributed by atoms with E-state index >= 15 is 0 Å². The molecule has 0 bridgehead atoms. The molecule has 0 spiro atoms. The number of hydrogen-bond acceptors (Lipinski definition) is 8. The molecule has 2 aromatic rings. The summed E-state index contributed by atoms with van der Waals surface area (Å²) in [7, 11) is -7.87. The Balaban J connectivity index is 1.49. The topological polar surface area (TPSA) is 145 Å². The second-order valence-corrected chi connectivity index (χ2v) is 14.0. The van der Waals surface area contributed by atoms with Crippen molar-refractivity contribution in [2.75, 3.05) is 11.6 Å². The lowest BCUT2D eigenvalue weighted by atomic mass is 9.87. The SMILES string of the molecule is CS(=O)(=O)NCc1csc2c1S(=O)(=O)N=C(C1=C(O)CC(C3CCCC3)N(Cc3ccc(F)cc3)C1=O)N2. The van der Waals surface area contributed by atoms with E-state index in [4.69, 9.17) is 0 Å². The van der Waals surface area contributed by atoms with Gasteiger partial charge < -0.3 is 15.3 Å². The van der Waals surface area contributed by atoms with Crippen LogP contribution in [0, 0.1) is 11.7 Å². The summed E-state index contributed by atoms with van der Waals surface area (Å²) in [6, 6.07) is 5.53. The van der Waals surface area contributed by atoms with Gasteiger partial charge in [0.1, 0.15) is 27.0 Å². The first-order valence-corrected chi connectivity index (χ1v) is 16.3. The van der Waals surface area contributed by atoms with Crippen LogP contribution in [0.5, 0.6) is 0 Å². The quantitative estimate of drug-likeness (QED) is 0.454. The molecule has 1 amide bonds. The van der Waals surface area contributed by atoms with E-state index in [0.29, 0.717) is 5.56 Å². The van der Waals surface area contributed by atoms with Crippen LogP contribution in [0.4, 0.5) is 9.39 Å². The van der Waals surface area contributed by atoms with Crippen LogP contribution >= 0.6 is 11.3 Å². The second-order valence-electron chi connectivity index (χ2n) is 9.75. The van der Waals surface area contributed by atoms with Gasteiger partial charge in [0.15, 0.2) is 5.84 Å². The Morgan fingerprint density at radius 1 is 1.24 bits per heavy atom. The van der Waals surface area contributed by atoms with Crippen molar-refractivity contribution in [3.63, 3.8) is 0 Å². The zero-order valence-corrected chi connectivity index (χ0v) is 22.9. The number of sulfonamides is 2. The Kier molecular flexibility index (Phi) is 7.09. The largest absolute Gasteiger partial charge is 0.511 e. The maximum absolute atomic E-state index is 13.9. The minimum Gasteiger partial charge on any atom is -0.511 e. The first kappa shape index (κ1) is 26.8. The van der Waals surface area contributed by atoms with Crippen LogP contribution in [0.15, 0.2) is 50.3 Å². The number of benzene rings is 1. The molecule has 1 saturated carbocycles. The smallest absolute Gasteiger partial charge is 0.287 e. The van der Waals surface area contributed by atoms with Gasteiger partial charge in [-0.25, -0.2) is 17.5 Å². The third-order valence-electron chi connectivity index (χ3n) is 7.06. The molecule has 10 nitrogen and oxygen atoms in total. The number of carbonyl (C=O) groups is 1. The van der Waals surface area contributed by atoms with Gasteiger partial charge in [-0.05, 0) is 41.8 Å². The molecule has 3 aliphatic rings. The van der Waals surface area contributed by atoms with Gasteiger partial charge in [0.05, 0.1) is 6.26 Å². The van der Waals surface area contributed by atoms with E-state index in [1.165, 1.54) is 17.5 Å². The average Bonchev–Trinajstić information content (AvgIpc) is 3.50.